The molecule has 0 aromatic heterocycles. The Hall–Kier alpha value is -0.340. The highest BCUT2D eigenvalue weighted by molar-refractivity contribution is 9.10. The lowest BCUT2D eigenvalue weighted by Crippen LogP contribution is -2.50. The third-order valence-electron chi connectivity index (χ3n) is 6.04. The van der Waals surface area contributed by atoms with Crippen molar-refractivity contribution in [1.29, 1.82) is 0 Å². The van der Waals surface area contributed by atoms with Crippen LogP contribution in [0, 0.1) is 16.7 Å². The van der Waals surface area contributed by atoms with Crippen LogP contribution in [0.5, 0.6) is 0 Å². The Morgan fingerprint density at radius 1 is 1.30 bits per heavy atom. The van der Waals surface area contributed by atoms with E-state index in [4.69, 9.17) is 0 Å². The summed E-state index contributed by atoms with van der Waals surface area (Å²) in [7, 11) is 0. The zero-order chi connectivity index (χ0) is 14.5. The Balaban J connectivity index is 1.80. The van der Waals surface area contributed by atoms with Crippen molar-refractivity contribution in [2.45, 2.75) is 59.0 Å². The van der Waals surface area contributed by atoms with Gasteiger partial charge < -0.3 is 5.32 Å². The van der Waals surface area contributed by atoms with Crippen molar-refractivity contribution in [2.24, 2.45) is 16.7 Å². The molecule has 0 radical (unpaired) electrons. The highest BCUT2D eigenvalue weighted by atomic mass is 79.9. The van der Waals surface area contributed by atoms with Crippen LogP contribution in [-0.2, 0) is 0 Å². The van der Waals surface area contributed by atoms with Gasteiger partial charge >= 0.3 is 0 Å². The summed E-state index contributed by atoms with van der Waals surface area (Å²) in [6.45, 7) is 9.72. The van der Waals surface area contributed by atoms with Crippen LogP contribution in [0.2, 0.25) is 0 Å². The molecule has 2 fully saturated rings. The molecule has 3 rings (SSSR count). The maximum Gasteiger partial charge on any atom is 0.0295 e. The fourth-order valence-corrected chi connectivity index (χ4v) is 5.26. The molecular weight excluding hydrogens is 310 g/mol. The molecule has 2 unspecified atom stereocenters. The average Bonchev–Trinajstić information content (AvgIpc) is 2.85. The molecule has 0 aliphatic heterocycles. The van der Waals surface area contributed by atoms with Crippen LogP contribution in [-0.4, -0.2) is 6.04 Å². The van der Waals surface area contributed by atoms with Crippen molar-refractivity contribution in [2.75, 3.05) is 0 Å². The lowest BCUT2D eigenvalue weighted by atomic mass is 9.68. The monoisotopic (exact) mass is 335 g/mol. The molecule has 1 N–H and O–H groups in total. The van der Waals surface area contributed by atoms with Crippen LogP contribution in [0.4, 0.5) is 0 Å². The zero-order valence-electron chi connectivity index (χ0n) is 13.0. The van der Waals surface area contributed by atoms with Crippen molar-refractivity contribution in [3.8, 4) is 0 Å². The van der Waals surface area contributed by atoms with E-state index in [0.717, 1.165) is 5.92 Å². The van der Waals surface area contributed by atoms with E-state index >= 15 is 0 Å². The molecule has 1 aromatic carbocycles. The second-order valence-corrected chi connectivity index (χ2v) is 8.71. The Kier molecular flexibility index (Phi) is 3.53. The molecule has 1 nitrogen and oxygen atoms in total. The normalized spacial score (nSPS) is 36.2. The molecule has 2 saturated carbocycles. The summed E-state index contributed by atoms with van der Waals surface area (Å²) in [4.78, 5) is 0. The van der Waals surface area contributed by atoms with E-state index in [-0.39, 0.29) is 0 Å². The summed E-state index contributed by atoms with van der Waals surface area (Å²) in [5, 5.41) is 3.96. The molecule has 0 saturated heterocycles. The van der Waals surface area contributed by atoms with Crippen LogP contribution in [0.25, 0.3) is 0 Å². The third kappa shape index (κ3) is 2.25. The van der Waals surface area contributed by atoms with Gasteiger partial charge in [0, 0.05) is 16.6 Å². The fourth-order valence-electron chi connectivity index (χ4n) is 4.84. The molecule has 1 aromatic rings. The van der Waals surface area contributed by atoms with Gasteiger partial charge in [-0.25, -0.2) is 0 Å². The molecule has 2 heteroatoms. The van der Waals surface area contributed by atoms with Gasteiger partial charge in [-0.2, -0.15) is 0 Å². The summed E-state index contributed by atoms with van der Waals surface area (Å²) in [5.41, 5.74) is 2.29. The predicted molar refractivity (Wildman–Crippen MR) is 88.7 cm³/mol. The first-order valence-corrected chi connectivity index (χ1v) is 8.64. The van der Waals surface area contributed by atoms with Gasteiger partial charge in [-0.1, -0.05) is 48.8 Å². The van der Waals surface area contributed by atoms with Crippen molar-refractivity contribution in [3.63, 3.8) is 0 Å². The molecule has 4 atom stereocenters. The SMILES string of the molecule is CC(NC1C(C)(C)[C@H]2CC[C@]1(C)C2)c1cccc(Br)c1. The Bertz CT molecular complexity index is 505. The van der Waals surface area contributed by atoms with Crippen molar-refractivity contribution in [1.82, 2.24) is 5.32 Å². The van der Waals surface area contributed by atoms with Gasteiger partial charge in [-0.15, -0.1) is 0 Å². The largest absolute Gasteiger partial charge is 0.306 e. The van der Waals surface area contributed by atoms with Crippen LogP contribution >= 0.6 is 15.9 Å². The number of rotatable bonds is 3. The van der Waals surface area contributed by atoms with Crippen LogP contribution in [0.3, 0.4) is 0 Å². The molecule has 20 heavy (non-hydrogen) atoms. The van der Waals surface area contributed by atoms with E-state index < -0.39 is 0 Å². The van der Waals surface area contributed by atoms with Gasteiger partial charge in [-0.05, 0) is 60.6 Å². The summed E-state index contributed by atoms with van der Waals surface area (Å²) >= 11 is 3.58. The van der Waals surface area contributed by atoms with Gasteiger partial charge in [0.1, 0.15) is 0 Å². The summed E-state index contributed by atoms with van der Waals surface area (Å²) in [6.07, 6.45) is 4.22. The highest BCUT2D eigenvalue weighted by Crippen LogP contribution is 2.62. The van der Waals surface area contributed by atoms with E-state index in [1.165, 1.54) is 29.3 Å². The maximum atomic E-state index is 3.96. The molecule has 0 heterocycles. The second-order valence-electron chi connectivity index (χ2n) is 7.79. The number of benzene rings is 1. The predicted octanol–water partition coefficient (Wildman–Crippen LogP) is 5.31. The van der Waals surface area contributed by atoms with Crippen LogP contribution in [0.15, 0.2) is 28.7 Å². The third-order valence-corrected chi connectivity index (χ3v) is 6.53. The van der Waals surface area contributed by atoms with Crippen molar-refractivity contribution < 1.29 is 0 Å². The molecule has 110 valence electrons. The fraction of sp³-hybridized carbons (Fsp3) is 0.667. The van der Waals surface area contributed by atoms with Gasteiger partial charge in [0.15, 0.2) is 0 Å². The molecular formula is C18H26BrN. The molecule has 2 aliphatic rings. The van der Waals surface area contributed by atoms with Crippen LogP contribution in [0.1, 0.15) is 58.6 Å². The van der Waals surface area contributed by atoms with E-state index in [9.17, 15) is 0 Å². The molecule has 0 amide bonds. The van der Waals surface area contributed by atoms with E-state index in [2.05, 4.69) is 73.2 Å². The quantitative estimate of drug-likeness (QED) is 0.788. The van der Waals surface area contributed by atoms with Gasteiger partial charge in [0.25, 0.3) is 0 Å². The molecule has 0 spiro atoms. The first-order chi connectivity index (χ1) is 9.33. The van der Waals surface area contributed by atoms with Crippen LogP contribution < -0.4 is 5.32 Å². The number of fused-ring (bicyclic) bond motifs is 2. The lowest BCUT2D eigenvalue weighted by Gasteiger charge is -2.44. The van der Waals surface area contributed by atoms with Gasteiger partial charge in [0.05, 0.1) is 0 Å². The number of halogens is 1. The molecule has 2 bridgehead atoms. The Labute approximate surface area is 131 Å². The number of nitrogens with one attached hydrogen (secondary N) is 1. The average molecular weight is 336 g/mol. The first-order valence-electron chi connectivity index (χ1n) is 7.84. The molecule has 2 aliphatic carbocycles. The maximum absolute atomic E-state index is 3.96. The first kappa shape index (κ1) is 14.6. The van der Waals surface area contributed by atoms with Crippen molar-refractivity contribution in [3.05, 3.63) is 34.3 Å². The van der Waals surface area contributed by atoms with E-state index in [1.807, 2.05) is 0 Å². The minimum absolute atomic E-state index is 0.410. The standard InChI is InChI=1S/C18H26BrN/c1-12(13-6-5-7-15(19)10-13)20-16-17(2,3)14-8-9-18(16,4)11-14/h5-7,10,12,14,16,20H,8-9,11H2,1-4H3/t12?,14-,16?,18+/m0/s1. The minimum atomic E-state index is 0.410. The Morgan fingerprint density at radius 3 is 2.65 bits per heavy atom. The smallest absolute Gasteiger partial charge is 0.0295 e. The van der Waals surface area contributed by atoms with Gasteiger partial charge in [-0.3, -0.25) is 0 Å². The number of hydrogen-bond donors (Lipinski definition) is 1. The second kappa shape index (κ2) is 4.84. The lowest BCUT2D eigenvalue weighted by molar-refractivity contribution is 0.100. The van der Waals surface area contributed by atoms with Crippen molar-refractivity contribution >= 4 is 15.9 Å². The van der Waals surface area contributed by atoms with E-state index in [0.29, 0.717) is 22.9 Å². The topological polar surface area (TPSA) is 12.0 Å². The zero-order valence-corrected chi connectivity index (χ0v) is 14.6. The highest BCUT2D eigenvalue weighted by Gasteiger charge is 2.59. The minimum Gasteiger partial charge on any atom is -0.306 e. The Morgan fingerprint density at radius 2 is 2.05 bits per heavy atom. The summed E-state index contributed by atoms with van der Waals surface area (Å²) < 4.78 is 1.17. The van der Waals surface area contributed by atoms with E-state index in [1.54, 1.807) is 0 Å². The number of hydrogen-bond acceptors (Lipinski definition) is 1. The van der Waals surface area contributed by atoms with Gasteiger partial charge in [0.2, 0.25) is 0 Å². The summed E-state index contributed by atoms with van der Waals surface area (Å²) in [6, 6.07) is 9.73. The summed E-state index contributed by atoms with van der Waals surface area (Å²) in [5.74, 6) is 0.903.